The van der Waals surface area contributed by atoms with E-state index in [4.69, 9.17) is 17.3 Å². The van der Waals surface area contributed by atoms with E-state index in [1.807, 2.05) is 18.7 Å². The third kappa shape index (κ3) is 2.47. The van der Waals surface area contributed by atoms with Crippen molar-refractivity contribution in [1.29, 1.82) is 0 Å². The quantitative estimate of drug-likeness (QED) is 0.686. The summed E-state index contributed by atoms with van der Waals surface area (Å²) in [6.45, 7) is 4.52. The molecule has 0 spiro atoms. The predicted molar refractivity (Wildman–Crippen MR) is 82.8 cm³/mol. The molecule has 0 radical (unpaired) electrons. The Kier molecular flexibility index (Phi) is 3.54. The Morgan fingerprint density at radius 2 is 2.19 bits per heavy atom. The number of rotatable bonds is 3. The number of anilines is 2. The van der Waals surface area contributed by atoms with E-state index in [0.29, 0.717) is 23.9 Å². The smallest absolute Gasteiger partial charge is 0.223 e. The zero-order valence-corrected chi connectivity index (χ0v) is 13.2. The molecule has 0 bridgehead atoms. The van der Waals surface area contributed by atoms with Gasteiger partial charge < -0.3 is 15.4 Å². The Labute approximate surface area is 131 Å². The zero-order chi connectivity index (χ0) is 15.1. The van der Waals surface area contributed by atoms with Crippen LogP contribution in [0.25, 0.3) is 0 Å². The molecule has 0 aliphatic carbocycles. The van der Waals surface area contributed by atoms with Crippen LogP contribution in [0.5, 0.6) is 0 Å². The van der Waals surface area contributed by atoms with E-state index in [0.717, 1.165) is 22.6 Å². The van der Waals surface area contributed by atoms with Crippen molar-refractivity contribution in [3.05, 3.63) is 26.3 Å². The van der Waals surface area contributed by atoms with Crippen LogP contribution >= 0.6 is 22.9 Å². The SMILES string of the molecule is Cc1nc(CN2c3nc(N)nc(Cl)c3CC2C=O)sc1C. The highest BCUT2D eigenvalue weighted by Gasteiger charge is 2.33. The summed E-state index contributed by atoms with van der Waals surface area (Å²) in [5.74, 6) is 0.747. The van der Waals surface area contributed by atoms with Gasteiger partial charge in [-0.1, -0.05) is 11.6 Å². The molecule has 0 saturated heterocycles. The first-order valence-corrected chi connectivity index (χ1v) is 7.65. The Bertz CT molecular complexity index is 697. The minimum absolute atomic E-state index is 0.113. The topological polar surface area (TPSA) is 85.0 Å². The average Bonchev–Trinajstić information content (AvgIpc) is 2.92. The highest BCUT2D eigenvalue weighted by Crippen LogP contribution is 2.35. The number of aromatic nitrogens is 3. The lowest BCUT2D eigenvalue weighted by atomic mass is 10.2. The van der Waals surface area contributed by atoms with Gasteiger partial charge in [0.2, 0.25) is 5.95 Å². The number of carbonyl (C=O) groups excluding carboxylic acids is 1. The Morgan fingerprint density at radius 3 is 2.81 bits per heavy atom. The minimum Gasteiger partial charge on any atom is -0.368 e. The van der Waals surface area contributed by atoms with Crippen LogP contribution in [0, 0.1) is 13.8 Å². The molecule has 3 heterocycles. The Hall–Kier alpha value is -1.73. The molecule has 3 rings (SSSR count). The maximum atomic E-state index is 11.4. The first-order chi connectivity index (χ1) is 9.99. The summed E-state index contributed by atoms with van der Waals surface area (Å²) >= 11 is 7.73. The lowest BCUT2D eigenvalue weighted by Gasteiger charge is -2.21. The van der Waals surface area contributed by atoms with E-state index in [2.05, 4.69) is 15.0 Å². The van der Waals surface area contributed by atoms with Crippen molar-refractivity contribution in [3.63, 3.8) is 0 Å². The van der Waals surface area contributed by atoms with Gasteiger partial charge in [-0.15, -0.1) is 11.3 Å². The third-order valence-corrected chi connectivity index (χ3v) is 4.94. The van der Waals surface area contributed by atoms with Gasteiger partial charge in [0, 0.05) is 16.9 Å². The molecule has 21 heavy (non-hydrogen) atoms. The lowest BCUT2D eigenvalue weighted by Crippen LogP contribution is -2.33. The van der Waals surface area contributed by atoms with Gasteiger partial charge in [-0.2, -0.15) is 4.98 Å². The number of nitrogen functional groups attached to an aromatic ring is 1. The van der Waals surface area contributed by atoms with E-state index in [1.165, 1.54) is 4.88 Å². The summed E-state index contributed by atoms with van der Waals surface area (Å²) in [6, 6.07) is -0.307. The number of halogens is 1. The van der Waals surface area contributed by atoms with Gasteiger partial charge in [0.1, 0.15) is 22.3 Å². The number of nitrogens with zero attached hydrogens (tertiary/aromatic N) is 4. The molecule has 0 amide bonds. The summed E-state index contributed by atoms with van der Waals surface area (Å²) in [5, 5.41) is 1.26. The van der Waals surface area contributed by atoms with Gasteiger partial charge in [-0.25, -0.2) is 9.97 Å². The molecule has 0 aromatic carbocycles. The molecule has 1 atom stereocenters. The van der Waals surface area contributed by atoms with Gasteiger partial charge in [-0.3, -0.25) is 0 Å². The van der Waals surface area contributed by atoms with Crippen molar-refractivity contribution < 1.29 is 4.79 Å². The van der Waals surface area contributed by atoms with Crippen LogP contribution in [0.4, 0.5) is 11.8 Å². The molecule has 2 aromatic rings. The van der Waals surface area contributed by atoms with Crippen LogP contribution in [0.3, 0.4) is 0 Å². The fourth-order valence-corrected chi connectivity index (χ4v) is 3.60. The molecule has 1 aliphatic heterocycles. The number of nitrogens with two attached hydrogens (primary N) is 1. The van der Waals surface area contributed by atoms with E-state index in [-0.39, 0.29) is 12.0 Å². The van der Waals surface area contributed by atoms with Crippen LogP contribution in [0.15, 0.2) is 0 Å². The molecule has 0 saturated carbocycles. The summed E-state index contributed by atoms with van der Waals surface area (Å²) in [4.78, 5) is 27.1. The number of fused-ring (bicyclic) bond motifs is 1. The number of hydrogen-bond donors (Lipinski definition) is 1. The van der Waals surface area contributed by atoms with E-state index >= 15 is 0 Å². The average molecular weight is 324 g/mol. The molecule has 6 nitrogen and oxygen atoms in total. The first kappa shape index (κ1) is 14.2. The van der Waals surface area contributed by atoms with Gasteiger partial charge in [0.05, 0.1) is 18.3 Å². The largest absolute Gasteiger partial charge is 0.368 e. The minimum atomic E-state index is -0.307. The van der Waals surface area contributed by atoms with Crippen LogP contribution in [-0.2, 0) is 17.8 Å². The van der Waals surface area contributed by atoms with Crippen molar-refractivity contribution in [2.45, 2.75) is 32.9 Å². The predicted octanol–water partition coefficient (Wildman–Crippen LogP) is 1.92. The van der Waals surface area contributed by atoms with Gasteiger partial charge in [0.15, 0.2) is 0 Å². The van der Waals surface area contributed by atoms with E-state index < -0.39 is 0 Å². The second-order valence-electron chi connectivity index (χ2n) is 4.96. The van der Waals surface area contributed by atoms with Crippen molar-refractivity contribution >= 4 is 41.0 Å². The summed E-state index contributed by atoms with van der Waals surface area (Å²) < 4.78 is 0. The molecular formula is C13H14ClN5OS. The Balaban J connectivity index is 1.99. The van der Waals surface area contributed by atoms with Gasteiger partial charge in [0.25, 0.3) is 0 Å². The van der Waals surface area contributed by atoms with Crippen LogP contribution in [-0.4, -0.2) is 27.3 Å². The first-order valence-electron chi connectivity index (χ1n) is 6.46. The van der Waals surface area contributed by atoms with E-state index in [1.54, 1.807) is 11.3 Å². The number of carbonyl (C=O) groups is 1. The molecule has 110 valence electrons. The summed E-state index contributed by atoms with van der Waals surface area (Å²) in [5.41, 5.74) is 7.45. The molecule has 2 aromatic heterocycles. The van der Waals surface area contributed by atoms with Crippen LogP contribution in [0.1, 0.15) is 21.1 Å². The van der Waals surface area contributed by atoms with E-state index in [9.17, 15) is 4.79 Å². The molecule has 2 N–H and O–H groups in total. The lowest BCUT2D eigenvalue weighted by molar-refractivity contribution is -0.108. The normalized spacial score (nSPS) is 17.1. The maximum absolute atomic E-state index is 11.4. The fourth-order valence-electron chi connectivity index (χ4n) is 2.42. The summed E-state index contributed by atoms with van der Waals surface area (Å²) in [7, 11) is 0. The van der Waals surface area contributed by atoms with Crippen molar-refractivity contribution in [2.75, 3.05) is 10.6 Å². The molecule has 1 aliphatic rings. The number of aldehydes is 1. The Morgan fingerprint density at radius 1 is 1.43 bits per heavy atom. The molecule has 1 unspecified atom stereocenters. The maximum Gasteiger partial charge on any atom is 0.223 e. The third-order valence-electron chi connectivity index (χ3n) is 3.57. The fraction of sp³-hybridized carbons (Fsp3) is 0.385. The summed E-state index contributed by atoms with van der Waals surface area (Å²) in [6.07, 6.45) is 1.41. The monoisotopic (exact) mass is 323 g/mol. The van der Waals surface area contributed by atoms with Gasteiger partial charge in [-0.05, 0) is 13.8 Å². The zero-order valence-electron chi connectivity index (χ0n) is 11.6. The van der Waals surface area contributed by atoms with Crippen molar-refractivity contribution in [2.24, 2.45) is 0 Å². The second-order valence-corrected chi connectivity index (χ2v) is 6.61. The number of aryl methyl sites for hydroxylation is 2. The molecule has 0 fully saturated rings. The highest BCUT2D eigenvalue weighted by molar-refractivity contribution is 7.11. The number of hydrogen-bond acceptors (Lipinski definition) is 7. The van der Waals surface area contributed by atoms with Crippen molar-refractivity contribution in [3.8, 4) is 0 Å². The van der Waals surface area contributed by atoms with Crippen LogP contribution in [0.2, 0.25) is 5.15 Å². The second kappa shape index (κ2) is 5.23. The molecular weight excluding hydrogens is 310 g/mol. The van der Waals surface area contributed by atoms with Crippen molar-refractivity contribution in [1.82, 2.24) is 15.0 Å². The molecule has 8 heteroatoms. The number of thiazole rings is 1. The van der Waals surface area contributed by atoms with Crippen LogP contribution < -0.4 is 10.6 Å². The highest BCUT2D eigenvalue weighted by atomic mass is 35.5. The standard InChI is InChI=1S/C13H14ClN5OS/c1-6-7(2)21-10(16-6)4-19-8(5-20)3-9-11(14)17-13(15)18-12(9)19/h5,8H,3-4H2,1-2H3,(H2,15,17,18). The van der Waals surface area contributed by atoms with Gasteiger partial charge >= 0.3 is 0 Å².